The number of piperidine rings is 1. The molecule has 0 saturated carbocycles. The number of rotatable bonds is 3. The zero-order valence-electron chi connectivity index (χ0n) is 15.8. The van der Waals surface area contributed by atoms with Gasteiger partial charge in [-0.15, -0.1) is 0 Å². The number of anilines is 1. The molecule has 28 heavy (non-hydrogen) atoms. The number of aromatic amines is 1. The van der Waals surface area contributed by atoms with Crippen molar-refractivity contribution in [2.45, 2.75) is 50.5 Å². The first-order valence-corrected chi connectivity index (χ1v) is 9.54. The van der Waals surface area contributed by atoms with Crippen molar-refractivity contribution in [1.29, 1.82) is 0 Å². The number of imidazole rings is 1. The van der Waals surface area contributed by atoms with E-state index in [0.717, 1.165) is 25.0 Å². The summed E-state index contributed by atoms with van der Waals surface area (Å²) in [5.41, 5.74) is 1.83. The van der Waals surface area contributed by atoms with Crippen LogP contribution in [0.3, 0.4) is 0 Å². The van der Waals surface area contributed by atoms with Crippen molar-refractivity contribution < 1.29 is 4.39 Å². The van der Waals surface area contributed by atoms with E-state index in [0.29, 0.717) is 28.8 Å². The molecule has 2 N–H and O–H groups in total. The van der Waals surface area contributed by atoms with E-state index < -0.39 is 6.17 Å². The number of halogens is 1. The lowest BCUT2D eigenvalue weighted by Crippen LogP contribution is -2.55. The first-order valence-electron chi connectivity index (χ1n) is 9.54. The summed E-state index contributed by atoms with van der Waals surface area (Å²) in [5, 5.41) is 6.38. The third-order valence-corrected chi connectivity index (χ3v) is 6.05. The largest absolute Gasteiger partial charge is 0.352 e. The third kappa shape index (κ3) is 2.61. The molecule has 9 heteroatoms. The van der Waals surface area contributed by atoms with Crippen molar-refractivity contribution >= 4 is 11.5 Å². The van der Waals surface area contributed by atoms with Gasteiger partial charge in [0.2, 0.25) is 11.1 Å². The Morgan fingerprint density at radius 1 is 1.21 bits per heavy atom. The van der Waals surface area contributed by atoms with Gasteiger partial charge in [-0.25, -0.2) is 18.9 Å². The van der Waals surface area contributed by atoms with Crippen molar-refractivity contribution in [3.8, 4) is 11.3 Å². The highest BCUT2D eigenvalue weighted by atomic mass is 19.1. The van der Waals surface area contributed by atoms with Crippen LogP contribution in [0.2, 0.25) is 0 Å². The molecule has 146 valence electrons. The average molecular weight is 383 g/mol. The molecule has 3 aromatic rings. The molecular weight excluding hydrogens is 361 g/mol. The van der Waals surface area contributed by atoms with Crippen LogP contribution in [0.25, 0.3) is 16.9 Å². The molecule has 2 aliphatic heterocycles. The Morgan fingerprint density at radius 3 is 2.86 bits per heavy atom. The molecule has 2 saturated heterocycles. The smallest absolute Gasteiger partial charge is 0.233 e. The second-order valence-electron chi connectivity index (χ2n) is 7.74. The van der Waals surface area contributed by atoms with E-state index >= 15 is 0 Å². The van der Waals surface area contributed by atoms with E-state index in [1.165, 1.54) is 0 Å². The predicted octanol–water partition coefficient (Wildman–Crippen LogP) is 1.46. The van der Waals surface area contributed by atoms with Gasteiger partial charge >= 0.3 is 0 Å². The van der Waals surface area contributed by atoms with Crippen LogP contribution < -0.4 is 15.6 Å². The van der Waals surface area contributed by atoms with E-state index in [9.17, 15) is 9.18 Å². The van der Waals surface area contributed by atoms with Crippen molar-refractivity contribution in [1.82, 2.24) is 29.9 Å². The minimum absolute atomic E-state index is 0.0679. The van der Waals surface area contributed by atoms with Crippen molar-refractivity contribution in [2.24, 2.45) is 0 Å². The van der Waals surface area contributed by atoms with Crippen LogP contribution in [-0.2, 0) is 0 Å². The highest BCUT2D eigenvalue weighted by molar-refractivity contribution is 5.62. The van der Waals surface area contributed by atoms with Gasteiger partial charge in [-0.05, 0) is 26.2 Å². The Labute approximate surface area is 160 Å². The lowest BCUT2D eigenvalue weighted by molar-refractivity contribution is 0.176. The van der Waals surface area contributed by atoms with Gasteiger partial charge < -0.3 is 10.2 Å². The van der Waals surface area contributed by atoms with Gasteiger partial charge in [0, 0.05) is 25.3 Å². The molecule has 2 fully saturated rings. The summed E-state index contributed by atoms with van der Waals surface area (Å²) in [7, 11) is 1.86. The summed E-state index contributed by atoms with van der Waals surface area (Å²) in [4.78, 5) is 27.6. The van der Waals surface area contributed by atoms with Crippen molar-refractivity contribution in [3.05, 3.63) is 40.7 Å². The van der Waals surface area contributed by atoms with E-state index in [4.69, 9.17) is 0 Å². The molecule has 8 nitrogen and oxygen atoms in total. The van der Waals surface area contributed by atoms with Crippen LogP contribution in [0.5, 0.6) is 0 Å². The minimum atomic E-state index is -0.931. The number of hydrogen-bond donors (Lipinski definition) is 2. The van der Waals surface area contributed by atoms with Gasteiger partial charge in [0.05, 0.1) is 41.6 Å². The Kier molecular flexibility index (Phi) is 3.94. The molecule has 4 atom stereocenters. The second-order valence-corrected chi connectivity index (χ2v) is 7.74. The highest BCUT2D eigenvalue weighted by Crippen LogP contribution is 2.33. The Morgan fingerprint density at radius 2 is 2.07 bits per heavy atom. The van der Waals surface area contributed by atoms with Gasteiger partial charge in [0.1, 0.15) is 12.0 Å². The van der Waals surface area contributed by atoms with Crippen LogP contribution in [0, 0.1) is 6.92 Å². The lowest BCUT2D eigenvalue weighted by Gasteiger charge is -2.38. The number of alkyl halides is 1. The fourth-order valence-electron chi connectivity index (χ4n) is 4.43. The van der Waals surface area contributed by atoms with Crippen LogP contribution in [0.4, 0.5) is 10.2 Å². The Bertz CT molecular complexity index is 1080. The summed E-state index contributed by atoms with van der Waals surface area (Å²) < 4.78 is 16.4. The molecule has 5 rings (SSSR count). The maximum absolute atomic E-state index is 14.8. The van der Waals surface area contributed by atoms with Crippen molar-refractivity contribution in [2.75, 3.05) is 11.9 Å². The lowest BCUT2D eigenvalue weighted by atomic mass is 9.96. The third-order valence-electron chi connectivity index (χ3n) is 6.05. The molecule has 2 aliphatic rings. The quantitative estimate of drug-likeness (QED) is 0.712. The summed E-state index contributed by atoms with van der Waals surface area (Å²) >= 11 is 0. The number of nitrogens with one attached hydrogen (secondary N) is 2. The van der Waals surface area contributed by atoms with Crippen LogP contribution in [0.1, 0.15) is 25.0 Å². The fraction of sp³-hybridized carbons (Fsp3) is 0.474. The monoisotopic (exact) mass is 383 g/mol. The molecule has 0 aromatic carbocycles. The molecule has 0 amide bonds. The average Bonchev–Trinajstić information content (AvgIpc) is 3.29. The number of hydrogen-bond acceptors (Lipinski definition) is 6. The SMILES string of the molecule is Cc1cnc2c(=O)c(-c3cnc(N(C)[C@H]4C[C@@H]5CCC(N5)[C@H]4F)cn3)c[nH]n12. The van der Waals surface area contributed by atoms with E-state index in [1.807, 2.05) is 18.9 Å². The van der Waals surface area contributed by atoms with E-state index in [-0.39, 0.29) is 17.5 Å². The van der Waals surface area contributed by atoms with Crippen LogP contribution in [-0.4, -0.2) is 55.9 Å². The molecule has 2 bridgehead atoms. The zero-order valence-corrected chi connectivity index (χ0v) is 15.8. The van der Waals surface area contributed by atoms with E-state index in [2.05, 4.69) is 25.4 Å². The van der Waals surface area contributed by atoms with Crippen LogP contribution >= 0.6 is 0 Å². The van der Waals surface area contributed by atoms with Gasteiger partial charge in [-0.1, -0.05) is 0 Å². The normalized spacial score (nSPS) is 26.7. The molecule has 0 radical (unpaired) electrons. The van der Waals surface area contributed by atoms with Crippen molar-refractivity contribution in [3.63, 3.8) is 0 Å². The Hall–Kier alpha value is -2.81. The number of nitrogens with zero attached hydrogens (tertiary/aromatic N) is 5. The summed E-state index contributed by atoms with van der Waals surface area (Å²) in [5.74, 6) is 0.604. The highest BCUT2D eigenvalue weighted by Gasteiger charge is 2.43. The number of aryl methyl sites for hydroxylation is 1. The predicted molar refractivity (Wildman–Crippen MR) is 103 cm³/mol. The van der Waals surface area contributed by atoms with Gasteiger partial charge in [-0.3, -0.25) is 14.9 Å². The van der Waals surface area contributed by atoms with Gasteiger partial charge in [0.15, 0.2) is 0 Å². The van der Waals surface area contributed by atoms with Gasteiger partial charge in [0.25, 0.3) is 0 Å². The van der Waals surface area contributed by atoms with Gasteiger partial charge in [-0.2, -0.15) is 0 Å². The summed E-state index contributed by atoms with van der Waals surface area (Å²) in [6.07, 6.45) is 8.15. The second kappa shape index (κ2) is 6.37. The first kappa shape index (κ1) is 17.3. The van der Waals surface area contributed by atoms with Crippen LogP contribution in [0.15, 0.2) is 29.6 Å². The summed E-state index contributed by atoms with van der Waals surface area (Å²) in [6, 6.07) is 0.0910. The number of H-pyrrole nitrogens is 1. The molecule has 3 aromatic heterocycles. The fourth-order valence-corrected chi connectivity index (χ4v) is 4.43. The molecule has 0 spiro atoms. The molecule has 5 heterocycles. The Balaban J connectivity index is 1.43. The zero-order chi connectivity index (χ0) is 19.4. The molecule has 1 unspecified atom stereocenters. The maximum Gasteiger partial charge on any atom is 0.233 e. The number of aromatic nitrogens is 5. The molecule has 0 aliphatic carbocycles. The first-order chi connectivity index (χ1) is 13.5. The topological polar surface area (TPSA) is 91.2 Å². The maximum atomic E-state index is 14.8. The standard InChI is InChI=1S/C19H22FN7O/c1-10-6-23-19-18(28)12(7-24-27(10)19)14-8-22-16(9-21-14)26(2)15-5-11-3-4-13(25-11)17(15)20/h6-9,11,13,15,17,24-25H,3-5H2,1-2H3/t11-,13?,15-,17+/m0/s1. The molecular formula is C19H22FN7O. The summed E-state index contributed by atoms with van der Waals surface area (Å²) in [6.45, 7) is 1.87. The van der Waals surface area contributed by atoms with E-state index in [1.54, 1.807) is 29.3 Å². The number of fused-ring (bicyclic) bond motifs is 3. The minimum Gasteiger partial charge on any atom is -0.352 e.